The topological polar surface area (TPSA) is 74.2 Å². The quantitative estimate of drug-likeness (QED) is 0.907. The predicted octanol–water partition coefficient (Wildman–Crippen LogP) is 3.36. The van der Waals surface area contributed by atoms with Gasteiger partial charge in [-0.2, -0.15) is 5.26 Å². The molecule has 0 aromatic heterocycles. The van der Waals surface area contributed by atoms with Crippen molar-refractivity contribution in [2.45, 2.75) is 0 Å². The number of nitriles is 1. The third kappa shape index (κ3) is 4.39. The molecule has 0 saturated carbocycles. The lowest BCUT2D eigenvalue weighted by Crippen LogP contribution is -2.23. The molecule has 0 aliphatic heterocycles. The van der Waals surface area contributed by atoms with Gasteiger partial charge in [-0.05, 0) is 48.0 Å². The van der Waals surface area contributed by atoms with E-state index in [-0.39, 0.29) is 6.03 Å². The summed E-state index contributed by atoms with van der Waals surface area (Å²) in [6.45, 7) is 0. The largest absolute Gasteiger partial charge is 0.497 e. The van der Waals surface area contributed by atoms with E-state index in [1.807, 2.05) is 30.3 Å². The molecule has 5 heteroatoms. The maximum absolute atomic E-state index is 11.7. The molecule has 5 nitrogen and oxygen atoms in total. The molecule has 110 valence electrons. The summed E-state index contributed by atoms with van der Waals surface area (Å²) >= 11 is 0. The lowest BCUT2D eigenvalue weighted by Gasteiger charge is -2.04. The summed E-state index contributed by atoms with van der Waals surface area (Å²) in [6, 6.07) is 15.8. The summed E-state index contributed by atoms with van der Waals surface area (Å²) in [6.07, 6.45) is 3.31. The number of urea groups is 1. The molecule has 22 heavy (non-hydrogen) atoms. The number of nitrogens with zero attached hydrogens (tertiary/aromatic N) is 1. The zero-order valence-electron chi connectivity index (χ0n) is 12.0. The number of carbonyl (C=O) groups excluding carboxylic acids is 1. The van der Waals surface area contributed by atoms with Crippen LogP contribution in [0.2, 0.25) is 0 Å². The van der Waals surface area contributed by atoms with Crippen molar-refractivity contribution < 1.29 is 9.53 Å². The molecular weight excluding hydrogens is 278 g/mol. The van der Waals surface area contributed by atoms with Gasteiger partial charge in [0.05, 0.1) is 18.7 Å². The van der Waals surface area contributed by atoms with E-state index in [1.54, 1.807) is 43.7 Å². The average Bonchev–Trinajstić information content (AvgIpc) is 2.56. The van der Waals surface area contributed by atoms with Gasteiger partial charge in [-0.3, -0.25) is 0 Å². The third-order valence-electron chi connectivity index (χ3n) is 2.86. The second kappa shape index (κ2) is 7.50. The van der Waals surface area contributed by atoms with Crippen LogP contribution in [0.5, 0.6) is 5.75 Å². The summed E-state index contributed by atoms with van der Waals surface area (Å²) in [4.78, 5) is 11.7. The van der Waals surface area contributed by atoms with Gasteiger partial charge >= 0.3 is 6.03 Å². The second-order valence-electron chi connectivity index (χ2n) is 4.40. The number of methoxy groups -OCH3 is 1. The molecule has 0 radical (unpaired) electrons. The van der Waals surface area contributed by atoms with Crippen molar-refractivity contribution >= 4 is 17.8 Å². The molecule has 0 atom stereocenters. The van der Waals surface area contributed by atoms with Crippen molar-refractivity contribution in [3.8, 4) is 11.8 Å². The lowest BCUT2D eigenvalue weighted by atomic mass is 10.2. The van der Waals surface area contributed by atoms with Crippen molar-refractivity contribution in [3.63, 3.8) is 0 Å². The normalized spacial score (nSPS) is 10.0. The zero-order valence-corrected chi connectivity index (χ0v) is 12.0. The van der Waals surface area contributed by atoms with Gasteiger partial charge in [0, 0.05) is 11.9 Å². The van der Waals surface area contributed by atoms with Crippen LogP contribution in [0.3, 0.4) is 0 Å². The number of hydrogen-bond acceptors (Lipinski definition) is 3. The average molecular weight is 293 g/mol. The molecule has 2 N–H and O–H groups in total. The van der Waals surface area contributed by atoms with Gasteiger partial charge in [0.2, 0.25) is 0 Å². The molecule has 2 rings (SSSR count). The first-order chi connectivity index (χ1) is 10.7. The van der Waals surface area contributed by atoms with E-state index in [0.717, 1.165) is 11.3 Å². The first-order valence-corrected chi connectivity index (χ1v) is 6.59. The number of hydrogen-bond donors (Lipinski definition) is 2. The number of rotatable bonds is 4. The van der Waals surface area contributed by atoms with Crippen LogP contribution in [-0.4, -0.2) is 13.1 Å². The number of benzene rings is 2. The van der Waals surface area contributed by atoms with Gasteiger partial charge in [-0.1, -0.05) is 12.1 Å². The van der Waals surface area contributed by atoms with E-state index in [9.17, 15) is 4.79 Å². The molecule has 0 bridgehead atoms. The first kappa shape index (κ1) is 15.1. The van der Waals surface area contributed by atoms with Crippen LogP contribution < -0.4 is 15.4 Å². The maximum Gasteiger partial charge on any atom is 0.323 e. The molecule has 2 aromatic carbocycles. The smallest absolute Gasteiger partial charge is 0.323 e. The summed E-state index contributed by atoms with van der Waals surface area (Å²) in [5, 5.41) is 14.0. The fraction of sp³-hybridized carbons (Fsp3) is 0.0588. The summed E-state index contributed by atoms with van der Waals surface area (Å²) < 4.78 is 5.12. The summed E-state index contributed by atoms with van der Waals surface area (Å²) in [7, 11) is 1.60. The van der Waals surface area contributed by atoms with E-state index < -0.39 is 0 Å². The fourth-order valence-corrected chi connectivity index (χ4v) is 1.75. The van der Waals surface area contributed by atoms with Crippen LogP contribution in [0, 0.1) is 11.3 Å². The molecule has 0 unspecified atom stereocenters. The molecule has 0 aliphatic rings. The van der Waals surface area contributed by atoms with Gasteiger partial charge < -0.3 is 15.4 Å². The van der Waals surface area contributed by atoms with E-state index in [1.165, 1.54) is 0 Å². The molecule has 0 spiro atoms. The molecule has 2 aromatic rings. The lowest BCUT2D eigenvalue weighted by molar-refractivity contribution is 0.255. The first-order valence-electron chi connectivity index (χ1n) is 6.59. The molecular formula is C17H15N3O2. The van der Waals surface area contributed by atoms with E-state index in [0.29, 0.717) is 11.3 Å². The van der Waals surface area contributed by atoms with Crippen LogP contribution >= 0.6 is 0 Å². The van der Waals surface area contributed by atoms with Gasteiger partial charge in [0.1, 0.15) is 5.75 Å². The number of amides is 2. The van der Waals surface area contributed by atoms with Crippen LogP contribution in [0.1, 0.15) is 11.1 Å². The van der Waals surface area contributed by atoms with Crippen molar-refractivity contribution in [3.05, 3.63) is 65.9 Å². The Morgan fingerprint density at radius 2 is 2.00 bits per heavy atom. The SMILES string of the molecule is COc1cccc(/C=C/NC(=O)Nc2ccc(C#N)cc2)c1. The summed E-state index contributed by atoms with van der Waals surface area (Å²) in [5.41, 5.74) is 2.08. The molecule has 0 heterocycles. The molecule has 0 aliphatic carbocycles. The maximum atomic E-state index is 11.7. The van der Waals surface area contributed by atoms with E-state index in [2.05, 4.69) is 10.6 Å². The van der Waals surface area contributed by atoms with E-state index >= 15 is 0 Å². The monoisotopic (exact) mass is 293 g/mol. The Balaban J connectivity index is 1.89. The predicted molar refractivity (Wildman–Crippen MR) is 85.3 cm³/mol. The van der Waals surface area contributed by atoms with Crippen molar-refractivity contribution in [1.29, 1.82) is 5.26 Å². The fourth-order valence-electron chi connectivity index (χ4n) is 1.75. The van der Waals surface area contributed by atoms with Crippen molar-refractivity contribution in [2.75, 3.05) is 12.4 Å². The van der Waals surface area contributed by atoms with Crippen LogP contribution in [0.25, 0.3) is 6.08 Å². The molecule has 0 saturated heterocycles. The number of nitrogens with one attached hydrogen (secondary N) is 2. The Morgan fingerprint density at radius 3 is 2.68 bits per heavy atom. The van der Waals surface area contributed by atoms with Gasteiger partial charge in [0.25, 0.3) is 0 Å². The summed E-state index contributed by atoms with van der Waals surface area (Å²) in [5.74, 6) is 0.754. The number of carbonyl (C=O) groups is 1. The highest BCUT2D eigenvalue weighted by Gasteiger charge is 1.99. The van der Waals surface area contributed by atoms with Crippen molar-refractivity contribution in [1.82, 2.24) is 5.32 Å². The van der Waals surface area contributed by atoms with E-state index in [4.69, 9.17) is 10.00 Å². The Morgan fingerprint density at radius 1 is 1.23 bits per heavy atom. The number of ether oxygens (including phenoxy) is 1. The molecule has 2 amide bonds. The highest BCUT2D eigenvalue weighted by molar-refractivity contribution is 5.90. The molecule has 0 fully saturated rings. The highest BCUT2D eigenvalue weighted by Crippen LogP contribution is 2.13. The van der Waals surface area contributed by atoms with Crippen LogP contribution in [-0.2, 0) is 0 Å². The standard InChI is InChI=1S/C17H15N3O2/c1-22-16-4-2-3-13(11-16)9-10-19-17(21)20-15-7-5-14(12-18)6-8-15/h2-11H,1H3,(H2,19,20,21)/b10-9+. The Bertz CT molecular complexity index is 715. The zero-order chi connectivity index (χ0) is 15.8. The van der Waals surface area contributed by atoms with Gasteiger partial charge in [-0.15, -0.1) is 0 Å². The second-order valence-corrected chi connectivity index (χ2v) is 4.40. The van der Waals surface area contributed by atoms with Crippen LogP contribution in [0.15, 0.2) is 54.7 Å². The minimum atomic E-state index is -0.358. The minimum Gasteiger partial charge on any atom is -0.497 e. The Hall–Kier alpha value is -3.26. The Kier molecular flexibility index (Phi) is 5.16. The van der Waals surface area contributed by atoms with Crippen molar-refractivity contribution in [2.24, 2.45) is 0 Å². The van der Waals surface area contributed by atoms with Gasteiger partial charge in [0.15, 0.2) is 0 Å². The minimum absolute atomic E-state index is 0.358. The van der Waals surface area contributed by atoms with Crippen LogP contribution in [0.4, 0.5) is 10.5 Å². The number of anilines is 1. The third-order valence-corrected chi connectivity index (χ3v) is 2.86. The van der Waals surface area contributed by atoms with Gasteiger partial charge in [-0.25, -0.2) is 4.79 Å². The highest BCUT2D eigenvalue weighted by atomic mass is 16.5. The Labute approximate surface area is 128 Å².